The lowest BCUT2D eigenvalue weighted by Gasteiger charge is -2.20. The minimum Gasteiger partial charge on any atom is -0.346 e. The molecule has 0 heterocycles. The van der Waals surface area contributed by atoms with Crippen molar-refractivity contribution < 1.29 is 13.2 Å². The van der Waals surface area contributed by atoms with Gasteiger partial charge in [-0.15, -0.1) is 0 Å². The van der Waals surface area contributed by atoms with E-state index in [9.17, 15) is 13.2 Å². The quantitative estimate of drug-likeness (QED) is 0.890. The van der Waals surface area contributed by atoms with E-state index < -0.39 is 10.0 Å². The molecule has 0 bridgehead atoms. The van der Waals surface area contributed by atoms with E-state index in [-0.39, 0.29) is 11.9 Å². The van der Waals surface area contributed by atoms with Crippen molar-refractivity contribution >= 4 is 21.6 Å². The molecule has 25 heavy (non-hydrogen) atoms. The highest BCUT2D eigenvalue weighted by molar-refractivity contribution is 7.92. The fourth-order valence-corrected chi connectivity index (χ4v) is 3.11. The molecule has 0 saturated carbocycles. The first-order valence-electron chi connectivity index (χ1n) is 8.01. The van der Waals surface area contributed by atoms with Crippen molar-refractivity contribution in [2.75, 3.05) is 17.6 Å². The number of hydrogen-bond donors (Lipinski definition) is 1. The summed E-state index contributed by atoms with van der Waals surface area (Å²) in [6, 6.07) is 12.9. The first-order chi connectivity index (χ1) is 11.6. The van der Waals surface area contributed by atoms with Gasteiger partial charge in [0.25, 0.3) is 5.91 Å². The molecule has 2 aromatic carbocycles. The zero-order valence-corrected chi connectivity index (χ0v) is 16.0. The van der Waals surface area contributed by atoms with Crippen LogP contribution >= 0.6 is 0 Å². The smallest absolute Gasteiger partial charge is 0.251 e. The molecule has 1 atom stereocenters. The molecule has 2 rings (SSSR count). The van der Waals surface area contributed by atoms with Gasteiger partial charge in [0.2, 0.25) is 10.0 Å². The van der Waals surface area contributed by atoms with Gasteiger partial charge in [-0.05, 0) is 50.1 Å². The summed E-state index contributed by atoms with van der Waals surface area (Å²) in [5.74, 6) is -0.190. The predicted molar refractivity (Wildman–Crippen MR) is 101 cm³/mol. The summed E-state index contributed by atoms with van der Waals surface area (Å²) in [5.41, 5.74) is 3.99. The molecule has 0 radical (unpaired) electrons. The van der Waals surface area contributed by atoms with Crippen molar-refractivity contribution in [3.05, 3.63) is 64.7 Å². The van der Waals surface area contributed by atoms with Gasteiger partial charge in [0.05, 0.1) is 18.0 Å². The SMILES string of the molecule is Cc1ccc([C@@H](C)NC(=O)c2ccc(N(C)S(C)(=O)=O)c(C)c2)cc1. The molecule has 2 aromatic rings. The molecular weight excluding hydrogens is 336 g/mol. The zero-order chi connectivity index (χ0) is 18.8. The van der Waals surface area contributed by atoms with Gasteiger partial charge in [-0.1, -0.05) is 29.8 Å². The lowest BCUT2D eigenvalue weighted by Crippen LogP contribution is -2.28. The normalized spacial score (nSPS) is 12.5. The van der Waals surface area contributed by atoms with Crippen LogP contribution in [0.25, 0.3) is 0 Å². The Bertz CT molecular complexity index is 874. The third-order valence-electron chi connectivity index (χ3n) is 4.22. The molecule has 6 heteroatoms. The maximum absolute atomic E-state index is 12.5. The summed E-state index contributed by atoms with van der Waals surface area (Å²) in [7, 11) is -1.84. The van der Waals surface area contributed by atoms with Gasteiger partial charge < -0.3 is 5.32 Å². The summed E-state index contributed by atoms with van der Waals surface area (Å²) in [6.07, 6.45) is 1.15. The van der Waals surface area contributed by atoms with Crippen molar-refractivity contribution in [3.63, 3.8) is 0 Å². The van der Waals surface area contributed by atoms with E-state index >= 15 is 0 Å². The van der Waals surface area contributed by atoms with E-state index in [1.165, 1.54) is 16.9 Å². The number of nitrogens with zero attached hydrogens (tertiary/aromatic N) is 1. The number of carbonyl (C=O) groups is 1. The molecule has 0 spiro atoms. The van der Waals surface area contributed by atoms with Gasteiger partial charge in [0.1, 0.15) is 0 Å². The minimum absolute atomic E-state index is 0.119. The van der Waals surface area contributed by atoms with Crippen LogP contribution in [0, 0.1) is 13.8 Å². The van der Waals surface area contributed by atoms with Crippen LogP contribution in [-0.2, 0) is 10.0 Å². The number of carbonyl (C=O) groups excluding carboxylic acids is 1. The summed E-state index contributed by atoms with van der Waals surface area (Å²) in [5, 5.41) is 2.97. The number of anilines is 1. The Hall–Kier alpha value is -2.34. The number of rotatable bonds is 5. The molecule has 0 aliphatic rings. The topological polar surface area (TPSA) is 66.5 Å². The third kappa shape index (κ3) is 4.60. The molecule has 1 N–H and O–H groups in total. The monoisotopic (exact) mass is 360 g/mol. The number of hydrogen-bond acceptors (Lipinski definition) is 3. The lowest BCUT2D eigenvalue weighted by molar-refractivity contribution is 0.0940. The second kappa shape index (κ2) is 7.27. The maximum Gasteiger partial charge on any atom is 0.251 e. The minimum atomic E-state index is -3.34. The molecule has 0 fully saturated rings. The number of benzene rings is 2. The Morgan fingerprint density at radius 3 is 2.20 bits per heavy atom. The van der Waals surface area contributed by atoms with Crippen LogP contribution in [0.1, 0.15) is 40.0 Å². The van der Waals surface area contributed by atoms with E-state index in [1.54, 1.807) is 25.1 Å². The Labute approximate surface area is 149 Å². The van der Waals surface area contributed by atoms with Crippen LogP contribution < -0.4 is 9.62 Å². The van der Waals surface area contributed by atoms with Gasteiger partial charge in [0, 0.05) is 12.6 Å². The van der Waals surface area contributed by atoms with Crippen molar-refractivity contribution in [2.24, 2.45) is 0 Å². The van der Waals surface area contributed by atoms with E-state index in [2.05, 4.69) is 5.32 Å². The maximum atomic E-state index is 12.5. The summed E-state index contributed by atoms with van der Waals surface area (Å²) in [4.78, 5) is 12.5. The molecule has 5 nitrogen and oxygen atoms in total. The van der Waals surface area contributed by atoms with E-state index in [0.29, 0.717) is 11.3 Å². The van der Waals surface area contributed by atoms with Crippen LogP contribution in [-0.4, -0.2) is 27.6 Å². The van der Waals surface area contributed by atoms with Crippen molar-refractivity contribution in [2.45, 2.75) is 26.8 Å². The standard InChI is InChI=1S/C19H24N2O3S/c1-13-6-8-16(9-7-13)15(3)20-19(22)17-10-11-18(14(2)12-17)21(4)25(5,23)24/h6-12,15H,1-5H3,(H,20,22)/t15-/m1/s1. The number of aryl methyl sites for hydroxylation is 2. The van der Waals surface area contributed by atoms with Gasteiger partial charge in [-0.25, -0.2) is 8.42 Å². The second-order valence-corrected chi connectivity index (χ2v) is 8.35. The predicted octanol–water partition coefficient (Wildman–Crippen LogP) is 3.19. The zero-order valence-electron chi connectivity index (χ0n) is 15.2. The number of sulfonamides is 1. The van der Waals surface area contributed by atoms with Crippen molar-refractivity contribution in [1.82, 2.24) is 5.32 Å². The van der Waals surface area contributed by atoms with Gasteiger partial charge in [0.15, 0.2) is 0 Å². The highest BCUT2D eigenvalue weighted by atomic mass is 32.2. The summed E-state index contributed by atoms with van der Waals surface area (Å²) < 4.78 is 24.6. The Kier molecular flexibility index (Phi) is 5.52. The van der Waals surface area contributed by atoms with Gasteiger partial charge in [-0.2, -0.15) is 0 Å². The van der Waals surface area contributed by atoms with Crippen LogP contribution in [0.4, 0.5) is 5.69 Å². The third-order valence-corrected chi connectivity index (χ3v) is 5.41. The largest absolute Gasteiger partial charge is 0.346 e. The molecule has 0 unspecified atom stereocenters. The lowest BCUT2D eigenvalue weighted by atomic mass is 10.1. The fraction of sp³-hybridized carbons (Fsp3) is 0.316. The molecule has 0 aromatic heterocycles. The molecule has 0 aliphatic heterocycles. The average molecular weight is 360 g/mol. The first kappa shape index (κ1) is 19.0. The highest BCUT2D eigenvalue weighted by Crippen LogP contribution is 2.22. The Morgan fingerprint density at radius 2 is 1.68 bits per heavy atom. The van der Waals surface area contributed by atoms with Gasteiger partial charge >= 0.3 is 0 Å². The Balaban J connectivity index is 2.17. The van der Waals surface area contributed by atoms with Crippen LogP contribution in [0.2, 0.25) is 0 Å². The fourth-order valence-electron chi connectivity index (χ4n) is 2.55. The van der Waals surface area contributed by atoms with Crippen LogP contribution in [0.5, 0.6) is 0 Å². The Morgan fingerprint density at radius 1 is 1.08 bits per heavy atom. The van der Waals surface area contributed by atoms with E-state index in [1.807, 2.05) is 38.1 Å². The molecule has 134 valence electrons. The summed E-state index contributed by atoms with van der Waals surface area (Å²) >= 11 is 0. The van der Waals surface area contributed by atoms with Crippen LogP contribution in [0.15, 0.2) is 42.5 Å². The number of amides is 1. The molecule has 0 saturated heterocycles. The van der Waals surface area contributed by atoms with Crippen LogP contribution in [0.3, 0.4) is 0 Å². The van der Waals surface area contributed by atoms with Gasteiger partial charge in [-0.3, -0.25) is 9.10 Å². The molecular formula is C19H24N2O3S. The van der Waals surface area contributed by atoms with Crippen molar-refractivity contribution in [1.29, 1.82) is 0 Å². The first-order valence-corrected chi connectivity index (χ1v) is 9.86. The molecule has 0 aliphatic carbocycles. The highest BCUT2D eigenvalue weighted by Gasteiger charge is 2.17. The average Bonchev–Trinajstić information content (AvgIpc) is 2.53. The number of nitrogens with one attached hydrogen (secondary N) is 1. The molecule has 1 amide bonds. The van der Waals surface area contributed by atoms with E-state index in [4.69, 9.17) is 0 Å². The second-order valence-electron chi connectivity index (χ2n) is 6.34. The van der Waals surface area contributed by atoms with E-state index in [0.717, 1.165) is 17.4 Å². The summed E-state index contributed by atoms with van der Waals surface area (Å²) in [6.45, 7) is 5.74. The van der Waals surface area contributed by atoms with Crippen molar-refractivity contribution in [3.8, 4) is 0 Å².